The predicted molar refractivity (Wildman–Crippen MR) is 77.3 cm³/mol. The lowest BCUT2D eigenvalue weighted by atomic mass is 9.99. The van der Waals surface area contributed by atoms with Crippen molar-refractivity contribution in [3.05, 3.63) is 77.7 Å². The summed E-state index contributed by atoms with van der Waals surface area (Å²) >= 11 is 0. The second kappa shape index (κ2) is 4.24. The fraction of sp³-hybridized carbons (Fsp3) is 0. The molecule has 0 atom stereocenters. The van der Waals surface area contributed by atoms with Crippen LogP contribution in [0.2, 0.25) is 0 Å². The van der Waals surface area contributed by atoms with Crippen LogP contribution in [0.5, 0.6) is 0 Å². The van der Waals surface area contributed by atoms with Gasteiger partial charge in [0, 0.05) is 11.1 Å². The largest absolute Gasteiger partial charge is 0.285 e. The van der Waals surface area contributed by atoms with Crippen LogP contribution in [0, 0.1) is 0 Å². The van der Waals surface area contributed by atoms with Gasteiger partial charge in [0.1, 0.15) is 0 Å². The van der Waals surface area contributed by atoms with Crippen LogP contribution in [-0.2, 0) is 0 Å². The van der Waals surface area contributed by atoms with E-state index < -0.39 is 0 Å². The molecule has 1 aromatic heterocycles. The highest BCUT2D eigenvalue weighted by Crippen LogP contribution is 2.28. The molecule has 0 bridgehead atoms. The van der Waals surface area contributed by atoms with Crippen molar-refractivity contribution in [2.24, 2.45) is 0 Å². The summed E-state index contributed by atoms with van der Waals surface area (Å²) < 4.78 is 1.40. The minimum absolute atomic E-state index is 0.178. The first-order chi connectivity index (χ1) is 10.3. The summed E-state index contributed by atoms with van der Waals surface area (Å²) in [6, 6.07) is 16.3. The third-order valence-electron chi connectivity index (χ3n) is 3.64. The highest BCUT2D eigenvalue weighted by Gasteiger charge is 2.32. The van der Waals surface area contributed by atoms with Gasteiger partial charge in [0.05, 0.1) is 17.5 Å². The van der Waals surface area contributed by atoms with Gasteiger partial charge < -0.3 is 0 Å². The number of carbonyl (C=O) groups excluding carboxylic acids is 2. The van der Waals surface area contributed by atoms with Gasteiger partial charge in [-0.1, -0.05) is 48.5 Å². The molecular formula is C17H10N2O2. The zero-order chi connectivity index (χ0) is 14.4. The van der Waals surface area contributed by atoms with E-state index in [0.717, 1.165) is 5.56 Å². The Balaban J connectivity index is 1.98. The van der Waals surface area contributed by atoms with E-state index in [4.69, 9.17) is 0 Å². The van der Waals surface area contributed by atoms with E-state index in [-0.39, 0.29) is 17.5 Å². The lowest BCUT2D eigenvalue weighted by molar-refractivity contribution is 0.0909. The van der Waals surface area contributed by atoms with Crippen molar-refractivity contribution >= 4 is 11.7 Å². The SMILES string of the molecule is O=C1c2ccccc2C(=O)n2c(-c3ccccc3)cnc21. The quantitative estimate of drug-likeness (QED) is 0.536. The third kappa shape index (κ3) is 1.59. The van der Waals surface area contributed by atoms with Crippen LogP contribution >= 0.6 is 0 Å². The van der Waals surface area contributed by atoms with Crippen molar-refractivity contribution in [2.45, 2.75) is 0 Å². The Morgan fingerprint density at radius 1 is 0.810 bits per heavy atom. The molecule has 2 aromatic carbocycles. The van der Waals surface area contributed by atoms with Gasteiger partial charge in [-0.2, -0.15) is 0 Å². The fourth-order valence-corrected chi connectivity index (χ4v) is 2.64. The molecule has 1 aliphatic rings. The number of hydrogen-bond donors (Lipinski definition) is 0. The average molecular weight is 274 g/mol. The lowest BCUT2D eigenvalue weighted by Gasteiger charge is -2.17. The summed E-state index contributed by atoms with van der Waals surface area (Å²) in [5.41, 5.74) is 2.33. The first kappa shape index (κ1) is 11.8. The summed E-state index contributed by atoms with van der Waals surface area (Å²) in [4.78, 5) is 29.3. The van der Waals surface area contributed by atoms with Gasteiger partial charge in [-0.05, 0) is 6.07 Å². The Hall–Kier alpha value is -3.01. The molecule has 4 rings (SSSR count). The standard InChI is InChI=1S/C17H10N2O2/c20-15-12-8-4-5-9-13(12)17(21)19-14(10-18-16(15)19)11-6-2-1-3-7-11/h1-10H. The third-order valence-corrected chi connectivity index (χ3v) is 3.64. The van der Waals surface area contributed by atoms with E-state index >= 15 is 0 Å². The van der Waals surface area contributed by atoms with E-state index in [2.05, 4.69) is 4.98 Å². The van der Waals surface area contributed by atoms with Crippen LogP contribution in [0.4, 0.5) is 0 Å². The highest BCUT2D eigenvalue weighted by atomic mass is 16.2. The van der Waals surface area contributed by atoms with Gasteiger partial charge in [0.15, 0.2) is 5.82 Å². The molecule has 4 nitrogen and oxygen atoms in total. The van der Waals surface area contributed by atoms with Crippen LogP contribution in [0.15, 0.2) is 60.8 Å². The van der Waals surface area contributed by atoms with Gasteiger partial charge in [-0.25, -0.2) is 4.98 Å². The Kier molecular flexibility index (Phi) is 2.38. The Morgan fingerprint density at radius 3 is 2.24 bits per heavy atom. The number of rotatable bonds is 1. The van der Waals surface area contributed by atoms with Crippen molar-refractivity contribution in [1.82, 2.24) is 9.55 Å². The van der Waals surface area contributed by atoms with Gasteiger partial charge in [-0.3, -0.25) is 14.2 Å². The molecule has 0 radical (unpaired) electrons. The molecule has 3 aromatic rings. The van der Waals surface area contributed by atoms with Crippen LogP contribution in [0.1, 0.15) is 26.5 Å². The molecule has 0 saturated carbocycles. The van der Waals surface area contributed by atoms with E-state index in [0.29, 0.717) is 16.8 Å². The zero-order valence-electron chi connectivity index (χ0n) is 11.0. The van der Waals surface area contributed by atoms with Gasteiger partial charge in [-0.15, -0.1) is 0 Å². The zero-order valence-corrected chi connectivity index (χ0v) is 11.0. The van der Waals surface area contributed by atoms with Crippen molar-refractivity contribution in [2.75, 3.05) is 0 Å². The maximum absolute atomic E-state index is 12.7. The summed E-state index contributed by atoms with van der Waals surface area (Å²) in [5, 5.41) is 0. The highest BCUT2D eigenvalue weighted by molar-refractivity contribution is 6.20. The van der Waals surface area contributed by atoms with E-state index in [1.165, 1.54) is 4.57 Å². The number of carbonyl (C=O) groups is 2. The molecule has 1 aliphatic heterocycles. The second-order valence-electron chi connectivity index (χ2n) is 4.85. The topological polar surface area (TPSA) is 52.0 Å². The second-order valence-corrected chi connectivity index (χ2v) is 4.85. The number of fused-ring (bicyclic) bond motifs is 2. The van der Waals surface area contributed by atoms with Gasteiger partial charge in [0.25, 0.3) is 5.91 Å². The predicted octanol–water partition coefficient (Wildman–Crippen LogP) is 2.78. The molecule has 0 amide bonds. The van der Waals surface area contributed by atoms with Crippen LogP contribution < -0.4 is 0 Å². The summed E-state index contributed by atoms with van der Waals surface area (Å²) in [5.74, 6) is -0.249. The number of aromatic nitrogens is 2. The summed E-state index contributed by atoms with van der Waals surface area (Å²) in [6.45, 7) is 0. The van der Waals surface area contributed by atoms with Crippen LogP contribution in [0.25, 0.3) is 11.3 Å². The monoisotopic (exact) mass is 274 g/mol. The van der Waals surface area contributed by atoms with E-state index in [1.54, 1.807) is 30.5 Å². The maximum Gasteiger partial charge on any atom is 0.264 e. The minimum Gasteiger partial charge on any atom is -0.285 e. The van der Waals surface area contributed by atoms with E-state index in [9.17, 15) is 9.59 Å². The van der Waals surface area contributed by atoms with Crippen LogP contribution in [0.3, 0.4) is 0 Å². The Bertz CT molecular complexity index is 879. The summed E-state index contributed by atoms with van der Waals surface area (Å²) in [7, 11) is 0. The molecule has 0 aliphatic carbocycles. The molecule has 0 N–H and O–H groups in total. The Labute approximate surface area is 120 Å². The normalized spacial score (nSPS) is 13.0. The molecule has 2 heterocycles. The first-order valence-electron chi connectivity index (χ1n) is 6.59. The minimum atomic E-state index is -0.215. The average Bonchev–Trinajstić information content (AvgIpc) is 2.99. The number of imidazole rings is 1. The molecule has 0 spiro atoms. The number of benzene rings is 2. The lowest BCUT2D eigenvalue weighted by Crippen LogP contribution is -2.27. The maximum atomic E-state index is 12.7. The van der Waals surface area contributed by atoms with Gasteiger partial charge in [0.2, 0.25) is 5.78 Å². The van der Waals surface area contributed by atoms with Crippen LogP contribution in [-0.4, -0.2) is 21.2 Å². The van der Waals surface area contributed by atoms with Crippen molar-refractivity contribution in [3.8, 4) is 11.3 Å². The Morgan fingerprint density at radius 2 is 1.48 bits per heavy atom. The van der Waals surface area contributed by atoms with Gasteiger partial charge >= 0.3 is 0 Å². The van der Waals surface area contributed by atoms with Crippen molar-refractivity contribution in [3.63, 3.8) is 0 Å². The molecule has 0 unspecified atom stereocenters. The van der Waals surface area contributed by atoms with Crippen molar-refractivity contribution < 1.29 is 9.59 Å². The number of hydrogen-bond acceptors (Lipinski definition) is 3. The van der Waals surface area contributed by atoms with E-state index in [1.807, 2.05) is 30.3 Å². The van der Waals surface area contributed by atoms with Crippen molar-refractivity contribution in [1.29, 1.82) is 0 Å². The summed E-state index contributed by atoms with van der Waals surface area (Å²) in [6.07, 6.45) is 1.58. The molecule has 100 valence electrons. The molecule has 4 heteroatoms. The number of ketones is 1. The molecule has 0 fully saturated rings. The molecular weight excluding hydrogens is 264 g/mol. The molecule has 0 saturated heterocycles. The first-order valence-corrected chi connectivity index (χ1v) is 6.59. The number of nitrogens with zero attached hydrogens (tertiary/aromatic N) is 2. The fourth-order valence-electron chi connectivity index (χ4n) is 2.64. The smallest absolute Gasteiger partial charge is 0.264 e. The molecule has 21 heavy (non-hydrogen) atoms.